The molecule has 90 valence electrons. The molecule has 1 N–H and O–H groups in total. The van der Waals surface area contributed by atoms with Gasteiger partial charge in [-0.1, -0.05) is 23.8 Å². The summed E-state index contributed by atoms with van der Waals surface area (Å²) in [6, 6.07) is 6.67. The zero-order valence-electron chi connectivity index (χ0n) is 11.0. The van der Waals surface area contributed by atoms with E-state index in [0.717, 1.165) is 5.56 Å². The lowest BCUT2D eigenvalue weighted by molar-refractivity contribution is 0.112. The fourth-order valence-corrected chi connectivity index (χ4v) is 1.78. The molecule has 2 nitrogen and oxygen atoms in total. The summed E-state index contributed by atoms with van der Waals surface area (Å²) >= 11 is 0. The first-order valence-electron chi connectivity index (χ1n) is 5.87. The van der Waals surface area contributed by atoms with Gasteiger partial charge in [-0.2, -0.15) is 0 Å². The molecule has 0 heterocycles. The van der Waals surface area contributed by atoms with Crippen LogP contribution in [0.5, 0.6) is 0 Å². The van der Waals surface area contributed by atoms with E-state index < -0.39 is 6.10 Å². The largest absolute Gasteiger partial charge is 0.387 e. The highest BCUT2D eigenvalue weighted by Gasteiger charge is 2.14. The van der Waals surface area contributed by atoms with Crippen LogP contribution in [0.1, 0.15) is 36.6 Å². The van der Waals surface area contributed by atoms with Gasteiger partial charge in [0.05, 0.1) is 6.10 Å². The van der Waals surface area contributed by atoms with Gasteiger partial charge < -0.3 is 10.0 Å². The van der Waals surface area contributed by atoms with Crippen LogP contribution >= 0.6 is 0 Å². The van der Waals surface area contributed by atoms with E-state index in [2.05, 4.69) is 44.7 Å². The van der Waals surface area contributed by atoms with Gasteiger partial charge in [-0.15, -0.1) is 0 Å². The number of nitrogens with zero attached hydrogens (tertiary/aromatic N) is 1. The second kappa shape index (κ2) is 5.46. The molecular formula is C14H23NO. The van der Waals surface area contributed by atoms with Crippen LogP contribution in [0.2, 0.25) is 0 Å². The Balaban J connectivity index is 2.76. The van der Waals surface area contributed by atoms with Gasteiger partial charge in [-0.25, -0.2) is 0 Å². The molecule has 1 aromatic rings. The van der Waals surface area contributed by atoms with Crippen molar-refractivity contribution in [1.82, 2.24) is 4.90 Å². The van der Waals surface area contributed by atoms with Crippen molar-refractivity contribution in [2.45, 2.75) is 39.8 Å². The number of aliphatic hydroxyl groups is 1. The lowest BCUT2D eigenvalue weighted by Crippen LogP contribution is -2.31. The molecule has 0 aliphatic heterocycles. The molecule has 0 aromatic heterocycles. The van der Waals surface area contributed by atoms with Crippen LogP contribution in [0, 0.1) is 13.8 Å². The quantitative estimate of drug-likeness (QED) is 0.845. The molecule has 1 rings (SSSR count). The summed E-state index contributed by atoms with van der Waals surface area (Å²) in [5, 5.41) is 10.2. The maximum Gasteiger partial charge on any atom is 0.0919 e. The Labute approximate surface area is 98.9 Å². The van der Waals surface area contributed by atoms with Gasteiger partial charge in [0, 0.05) is 12.6 Å². The third-order valence-corrected chi connectivity index (χ3v) is 3.13. The number of hydrogen-bond donors (Lipinski definition) is 1. The van der Waals surface area contributed by atoms with E-state index in [1.165, 1.54) is 11.1 Å². The SMILES string of the molecule is Cc1ccc(C(O)CN(C)C(C)C)c(C)c1. The predicted molar refractivity (Wildman–Crippen MR) is 68.6 cm³/mol. The second-order valence-electron chi connectivity index (χ2n) is 4.91. The van der Waals surface area contributed by atoms with Gasteiger partial charge in [-0.3, -0.25) is 0 Å². The molecular weight excluding hydrogens is 198 g/mol. The lowest BCUT2D eigenvalue weighted by atomic mass is 10.0. The summed E-state index contributed by atoms with van der Waals surface area (Å²) in [7, 11) is 2.04. The minimum Gasteiger partial charge on any atom is -0.387 e. The summed E-state index contributed by atoms with van der Waals surface area (Å²) < 4.78 is 0. The molecule has 0 saturated heterocycles. The van der Waals surface area contributed by atoms with Gasteiger partial charge in [0.2, 0.25) is 0 Å². The molecule has 0 saturated carbocycles. The van der Waals surface area contributed by atoms with Gasteiger partial charge in [0.25, 0.3) is 0 Å². The Hall–Kier alpha value is -0.860. The van der Waals surface area contributed by atoms with Gasteiger partial charge in [0.15, 0.2) is 0 Å². The van der Waals surface area contributed by atoms with E-state index in [-0.39, 0.29) is 0 Å². The van der Waals surface area contributed by atoms with Crippen LogP contribution < -0.4 is 0 Å². The van der Waals surface area contributed by atoms with Crippen molar-refractivity contribution in [2.75, 3.05) is 13.6 Å². The number of hydrogen-bond acceptors (Lipinski definition) is 2. The maximum atomic E-state index is 10.2. The van der Waals surface area contributed by atoms with Crippen LogP contribution in [0.3, 0.4) is 0 Å². The number of rotatable bonds is 4. The van der Waals surface area contributed by atoms with Crippen molar-refractivity contribution in [3.63, 3.8) is 0 Å². The Bertz CT molecular complexity index is 347. The smallest absolute Gasteiger partial charge is 0.0919 e. The molecule has 16 heavy (non-hydrogen) atoms. The Kier molecular flexibility index (Phi) is 4.51. The van der Waals surface area contributed by atoms with Gasteiger partial charge >= 0.3 is 0 Å². The van der Waals surface area contributed by atoms with Crippen molar-refractivity contribution in [3.8, 4) is 0 Å². The van der Waals surface area contributed by atoms with Crippen LogP contribution in [-0.2, 0) is 0 Å². The fourth-order valence-electron chi connectivity index (χ4n) is 1.78. The van der Waals surface area contributed by atoms with E-state index in [1.807, 2.05) is 13.1 Å². The van der Waals surface area contributed by atoms with Crippen molar-refractivity contribution >= 4 is 0 Å². The summed E-state index contributed by atoms with van der Waals surface area (Å²) in [5.74, 6) is 0. The van der Waals surface area contributed by atoms with Crippen LogP contribution in [0.15, 0.2) is 18.2 Å². The number of benzene rings is 1. The summed E-state index contributed by atoms with van der Waals surface area (Å²) in [6.45, 7) is 9.08. The fraction of sp³-hybridized carbons (Fsp3) is 0.571. The minimum absolute atomic E-state index is 0.395. The lowest BCUT2D eigenvalue weighted by Gasteiger charge is -2.25. The summed E-state index contributed by atoms with van der Waals surface area (Å²) in [4.78, 5) is 2.16. The third kappa shape index (κ3) is 3.32. The molecule has 2 heteroatoms. The van der Waals surface area contributed by atoms with Crippen molar-refractivity contribution < 1.29 is 5.11 Å². The zero-order valence-corrected chi connectivity index (χ0v) is 11.0. The topological polar surface area (TPSA) is 23.5 Å². The Morgan fingerprint density at radius 2 is 1.88 bits per heavy atom. The number of likely N-dealkylation sites (N-methyl/N-ethyl adjacent to an activating group) is 1. The maximum absolute atomic E-state index is 10.2. The molecule has 0 spiro atoms. The number of aliphatic hydroxyl groups excluding tert-OH is 1. The average Bonchev–Trinajstić information content (AvgIpc) is 2.16. The normalized spacial score (nSPS) is 13.5. The van der Waals surface area contributed by atoms with Crippen molar-refractivity contribution in [1.29, 1.82) is 0 Å². The molecule has 0 bridgehead atoms. The van der Waals surface area contributed by atoms with Crippen LogP contribution in [-0.4, -0.2) is 29.6 Å². The minimum atomic E-state index is -0.395. The second-order valence-corrected chi connectivity index (χ2v) is 4.91. The highest BCUT2D eigenvalue weighted by Crippen LogP contribution is 2.20. The molecule has 0 aliphatic rings. The third-order valence-electron chi connectivity index (χ3n) is 3.13. The molecule has 0 radical (unpaired) electrons. The van der Waals surface area contributed by atoms with E-state index in [0.29, 0.717) is 12.6 Å². The molecule has 0 aliphatic carbocycles. The first kappa shape index (κ1) is 13.2. The summed E-state index contributed by atoms with van der Waals surface area (Å²) in [5.41, 5.74) is 3.45. The zero-order chi connectivity index (χ0) is 12.3. The Morgan fingerprint density at radius 1 is 1.25 bits per heavy atom. The van der Waals surface area contributed by atoms with E-state index in [1.54, 1.807) is 0 Å². The molecule has 1 unspecified atom stereocenters. The standard InChI is InChI=1S/C14H23NO/c1-10(2)15(5)9-14(16)13-7-6-11(3)8-12(13)4/h6-8,10,14,16H,9H2,1-5H3. The first-order valence-corrected chi connectivity index (χ1v) is 5.87. The predicted octanol–water partition coefficient (Wildman–Crippen LogP) is 2.68. The first-order chi connectivity index (χ1) is 7.41. The van der Waals surface area contributed by atoms with E-state index in [4.69, 9.17) is 0 Å². The van der Waals surface area contributed by atoms with Crippen LogP contribution in [0.4, 0.5) is 0 Å². The summed E-state index contributed by atoms with van der Waals surface area (Å²) in [6.07, 6.45) is -0.395. The Morgan fingerprint density at radius 3 is 2.38 bits per heavy atom. The van der Waals surface area contributed by atoms with Crippen molar-refractivity contribution in [2.24, 2.45) is 0 Å². The highest BCUT2D eigenvalue weighted by atomic mass is 16.3. The van der Waals surface area contributed by atoms with E-state index >= 15 is 0 Å². The molecule has 1 aromatic carbocycles. The average molecular weight is 221 g/mol. The monoisotopic (exact) mass is 221 g/mol. The van der Waals surface area contributed by atoms with Gasteiger partial charge in [0.1, 0.15) is 0 Å². The van der Waals surface area contributed by atoms with Crippen molar-refractivity contribution in [3.05, 3.63) is 34.9 Å². The molecule has 0 fully saturated rings. The molecule has 0 amide bonds. The molecule has 1 atom stereocenters. The van der Waals surface area contributed by atoms with E-state index in [9.17, 15) is 5.11 Å². The van der Waals surface area contributed by atoms with Crippen LogP contribution in [0.25, 0.3) is 0 Å². The van der Waals surface area contributed by atoms with Gasteiger partial charge in [-0.05, 0) is 45.9 Å². The highest BCUT2D eigenvalue weighted by molar-refractivity contribution is 5.32. The number of aryl methyl sites for hydroxylation is 2.